The number of nitrogens with one attached hydrogen (secondary N) is 1. The molecule has 9 rings (SSSR count). The van der Waals surface area contributed by atoms with Gasteiger partial charge in [0.15, 0.2) is 12.4 Å². The highest BCUT2D eigenvalue weighted by Crippen LogP contribution is 2.86. The van der Waals surface area contributed by atoms with Gasteiger partial charge in [0.1, 0.15) is 24.6 Å². The Morgan fingerprint density at radius 1 is 1.02 bits per heavy atom. The maximum atomic E-state index is 14.4. The molecular formula is C48H71NO11. The topological polar surface area (TPSA) is 192 Å². The molecule has 19 atom stereocenters. The summed E-state index contributed by atoms with van der Waals surface area (Å²) >= 11 is 0. The predicted molar refractivity (Wildman–Crippen MR) is 220 cm³/mol. The first kappa shape index (κ1) is 43.1. The number of hydrogen-bond acceptors (Lipinski definition) is 10. The monoisotopic (exact) mass is 838 g/mol. The molecule has 7 fully saturated rings. The highest BCUT2D eigenvalue weighted by molar-refractivity contribution is 5.80. The largest absolute Gasteiger partial charge is 0.481 e. The Balaban J connectivity index is 1.22. The summed E-state index contributed by atoms with van der Waals surface area (Å²) in [7, 11) is 3.72. The number of carboxylic acids is 2. The van der Waals surface area contributed by atoms with Crippen molar-refractivity contribution in [2.75, 3.05) is 27.3 Å². The minimum atomic E-state index is -1.79. The minimum absolute atomic E-state index is 0.0677. The van der Waals surface area contributed by atoms with Gasteiger partial charge in [-0.05, 0) is 141 Å². The number of ether oxygens (including phenoxy) is 3. The fraction of sp³-hybridized carbons (Fsp3) is 0.854. The van der Waals surface area contributed by atoms with Crippen molar-refractivity contribution < 1.29 is 54.1 Å². The second-order valence-electron chi connectivity index (χ2n) is 22.6. The van der Waals surface area contributed by atoms with Gasteiger partial charge in [0.05, 0.1) is 18.1 Å². The summed E-state index contributed by atoms with van der Waals surface area (Å²) in [5.74, 6) is -1.04. The van der Waals surface area contributed by atoms with E-state index in [9.17, 15) is 39.9 Å². The van der Waals surface area contributed by atoms with Gasteiger partial charge < -0.3 is 49.9 Å². The van der Waals surface area contributed by atoms with Crippen LogP contribution in [0.4, 0.5) is 0 Å². The van der Waals surface area contributed by atoms with Crippen LogP contribution >= 0.6 is 0 Å². The SMILES string of the molecule is CNC[C@H]1C[C@H]2C=C3[C@@]45C=CC[C@@](C)(C[C@@H](COC)[C@]4(C(=O)O)C[C@H]4CCC[C@]6(CC[C@H]7C(C)(C)[C@@H](O[C@@H]8O[C@H](C(=O)O)[C@@H](O)[C@H](O)[C@H]8O)C[C@@H]1[C@]7(C)[C@@H]26)[C@@]34CCC=O)C5. The van der Waals surface area contributed by atoms with E-state index in [-0.39, 0.29) is 63.1 Å². The minimum Gasteiger partial charge on any atom is -0.481 e. The first-order chi connectivity index (χ1) is 28.4. The molecule has 0 aromatic carbocycles. The molecule has 0 aromatic heterocycles. The molecule has 12 heteroatoms. The van der Waals surface area contributed by atoms with Crippen LogP contribution in [0.2, 0.25) is 0 Å². The molecule has 60 heavy (non-hydrogen) atoms. The number of rotatable bonds is 11. The predicted octanol–water partition coefficient (Wildman–Crippen LogP) is 5.37. The molecule has 1 saturated heterocycles. The van der Waals surface area contributed by atoms with Crippen LogP contribution in [-0.2, 0) is 28.6 Å². The molecule has 2 spiro atoms. The first-order valence-electron chi connectivity index (χ1n) is 23.2. The third kappa shape index (κ3) is 5.30. The fourth-order valence-corrected chi connectivity index (χ4v) is 18.6. The van der Waals surface area contributed by atoms with Crippen molar-refractivity contribution in [3.8, 4) is 0 Å². The normalized spacial score (nSPS) is 53.1. The number of fused-ring (bicyclic) bond motifs is 1. The second kappa shape index (κ2) is 14.4. The van der Waals surface area contributed by atoms with E-state index < -0.39 is 65.0 Å². The van der Waals surface area contributed by atoms with Gasteiger partial charge >= 0.3 is 11.9 Å². The van der Waals surface area contributed by atoms with Gasteiger partial charge in [0, 0.05) is 30.3 Å². The molecule has 6 N–H and O–H groups in total. The number of carboxylic acid groups (broad SMARTS) is 2. The van der Waals surface area contributed by atoms with Crippen LogP contribution in [0.1, 0.15) is 111 Å². The third-order valence-electron chi connectivity index (χ3n) is 20.1. The van der Waals surface area contributed by atoms with E-state index in [0.717, 1.165) is 77.0 Å². The van der Waals surface area contributed by atoms with Gasteiger partial charge in [-0.15, -0.1) is 0 Å². The Morgan fingerprint density at radius 2 is 1.78 bits per heavy atom. The first-order valence-corrected chi connectivity index (χ1v) is 23.2. The number of aliphatic hydroxyl groups is 3. The van der Waals surface area contributed by atoms with E-state index in [1.54, 1.807) is 7.11 Å². The van der Waals surface area contributed by atoms with Gasteiger partial charge in [-0.3, -0.25) is 4.79 Å². The van der Waals surface area contributed by atoms with Crippen LogP contribution in [0.3, 0.4) is 0 Å². The summed E-state index contributed by atoms with van der Waals surface area (Å²) in [4.78, 5) is 39.3. The van der Waals surface area contributed by atoms with Crippen molar-refractivity contribution in [3.63, 3.8) is 0 Å². The van der Waals surface area contributed by atoms with E-state index in [1.165, 1.54) is 5.57 Å². The highest BCUT2D eigenvalue weighted by Gasteiger charge is 2.81. The summed E-state index contributed by atoms with van der Waals surface area (Å²) in [5, 5.41) is 57.6. The maximum Gasteiger partial charge on any atom is 0.335 e. The lowest BCUT2D eigenvalue weighted by Gasteiger charge is -2.81. The Kier molecular flexibility index (Phi) is 10.3. The lowest BCUT2D eigenvalue weighted by atomic mass is 9.22. The van der Waals surface area contributed by atoms with Crippen molar-refractivity contribution >= 4 is 18.2 Å². The van der Waals surface area contributed by atoms with Gasteiger partial charge in [-0.25, -0.2) is 4.79 Å². The van der Waals surface area contributed by atoms with E-state index in [1.807, 2.05) is 7.05 Å². The fourth-order valence-electron chi connectivity index (χ4n) is 18.6. The summed E-state index contributed by atoms with van der Waals surface area (Å²) < 4.78 is 18.4. The van der Waals surface area contributed by atoms with Crippen molar-refractivity contribution in [2.45, 2.75) is 148 Å². The molecule has 0 aromatic rings. The summed E-state index contributed by atoms with van der Waals surface area (Å²) in [6.07, 6.45) is 10.5. The average Bonchev–Trinajstić information content (AvgIpc) is 3.18. The Labute approximate surface area is 355 Å². The van der Waals surface area contributed by atoms with Crippen molar-refractivity contribution in [3.05, 3.63) is 23.8 Å². The van der Waals surface area contributed by atoms with Crippen LogP contribution in [0.25, 0.3) is 0 Å². The molecule has 0 amide bonds. The lowest BCUT2D eigenvalue weighted by Crippen LogP contribution is -2.76. The number of methoxy groups -OCH3 is 1. The van der Waals surface area contributed by atoms with Gasteiger partial charge in [0.25, 0.3) is 0 Å². The molecule has 0 radical (unpaired) electrons. The molecule has 12 nitrogen and oxygen atoms in total. The van der Waals surface area contributed by atoms with E-state index >= 15 is 0 Å². The van der Waals surface area contributed by atoms with Crippen molar-refractivity contribution in [2.24, 2.45) is 79.3 Å². The number of allylic oxidation sites excluding steroid dienone is 4. The maximum absolute atomic E-state index is 14.4. The molecule has 334 valence electrons. The Morgan fingerprint density at radius 3 is 2.47 bits per heavy atom. The summed E-state index contributed by atoms with van der Waals surface area (Å²) in [6.45, 7) is 10.6. The van der Waals surface area contributed by atoms with Crippen LogP contribution in [0, 0.1) is 79.3 Å². The number of aliphatic carboxylic acids is 2. The van der Waals surface area contributed by atoms with Crippen molar-refractivity contribution in [1.29, 1.82) is 0 Å². The van der Waals surface area contributed by atoms with Gasteiger partial charge in [0.2, 0.25) is 0 Å². The van der Waals surface area contributed by atoms with E-state index in [2.05, 4.69) is 51.2 Å². The van der Waals surface area contributed by atoms with Gasteiger partial charge in [-0.2, -0.15) is 0 Å². The van der Waals surface area contributed by atoms with Crippen molar-refractivity contribution in [1.82, 2.24) is 5.32 Å². The molecule has 1 heterocycles. The van der Waals surface area contributed by atoms with E-state index in [0.29, 0.717) is 25.9 Å². The number of aldehydes is 1. The van der Waals surface area contributed by atoms with Crippen LogP contribution in [-0.4, -0.2) is 108 Å². The number of aliphatic hydroxyl groups excluding tert-OH is 3. The number of carbonyl (C=O) groups is 3. The Bertz CT molecular complexity index is 1820. The smallest absolute Gasteiger partial charge is 0.335 e. The number of carbonyl (C=O) groups excluding carboxylic acids is 1. The zero-order chi connectivity index (χ0) is 43.0. The highest BCUT2D eigenvalue weighted by atomic mass is 16.7. The van der Waals surface area contributed by atoms with Crippen LogP contribution in [0.15, 0.2) is 23.8 Å². The summed E-state index contributed by atoms with van der Waals surface area (Å²) in [5.41, 5.74) is -1.51. The van der Waals surface area contributed by atoms with Crippen LogP contribution in [0.5, 0.6) is 0 Å². The second-order valence-corrected chi connectivity index (χ2v) is 22.6. The molecule has 1 aliphatic heterocycles. The van der Waals surface area contributed by atoms with E-state index in [4.69, 9.17) is 14.2 Å². The molecule has 8 aliphatic carbocycles. The lowest BCUT2D eigenvalue weighted by molar-refractivity contribution is -0.340. The average molecular weight is 838 g/mol. The summed E-state index contributed by atoms with van der Waals surface area (Å²) in [6, 6.07) is 0. The Hall–Kier alpha value is -2.19. The van der Waals surface area contributed by atoms with Gasteiger partial charge in [-0.1, -0.05) is 57.9 Å². The zero-order valence-electron chi connectivity index (χ0n) is 36.6. The molecular weight excluding hydrogens is 767 g/mol. The van der Waals surface area contributed by atoms with Crippen LogP contribution < -0.4 is 5.32 Å². The molecule has 2 bridgehead atoms. The third-order valence-corrected chi connectivity index (χ3v) is 20.1. The quantitative estimate of drug-likeness (QED) is 0.0887. The molecule has 9 aliphatic rings. The zero-order valence-corrected chi connectivity index (χ0v) is 36.6. The molecule has 6 saturated carbocycles. The molecule has 0 unspecified atom stereocenters. The number of hydrogen-bond donors (Lipinski definition) is 6. The standard InChI is InChI=1S/C48H71NO11/c1-42(2)31-11-16-45-13-7-10-28-22-48(41(56)57)29(24-58-6)21-43(3)12-8-14-46(48,25-43)32(47(28,45)15-9-17-50)19-26-18-27(23-49-5)30(44(31,4)38(26)45)20-33(42)59-40-36(53)34(51)35(52)37(60-40)39(54)55/h8,14,17,19,26-31,33-38,40,49,51-53H,7,9-13,15-16,18,20-25H2,1-6H3,(H,54,55)(H,56,57)/t26-,27+,28+,29-,30-,31-,33-,34-,35-,36+,37-,38+,40+,43-,44-,45+,46-,47+,48-/m0/s1.